The first-order valence-electron chi connectivity index (χ1n) is 3.45. The third-order valence-electron chi connectivity index (χ3n) is 1.32. The number of hydrogen-bond donors (Lipinski definition) is 0. The second-order valence-corrected chi connectivity index (χ2v) is 2.12. The van der Waals surface area contributed by atoms with Crippen molar-refractivity contribution >= 4 is 0 Å². The zero-order valence-electron chi connectivity index (χ0n) is 5.59. The Morgan fingerprint density at radius 3 is 0.889 bits per heavy atom. The van der Waals surface area contributed by atoms with Crippen molar-refractivity contribution < 1.29 is 0 Å². The van der Waals surface area contributed by atoms with Crippen molar-refractivity contribution in [3.8, 4) is 0 Å². The zero-order chi connectivity index (χ0) is 6.36. The molecule has 1 aliphatic rings. The third-order valence-corrected chi connectivity index (χ3v) is 1.32. The topological polar surface area (TPSA) is 0 Å². The Labute approximate surface area is 56.6 Å². The van der Waals surface area contributed by atoms with Crippen molar-refractivity contribution in [1.29, 1.82) is 0 Å². The molecule has 0 aromatic carbocycles. The number of rotatable bonds is 0. The molecule has 0 radical (unpaired) electrons. The predicted molar refractivity (Wildman–Crippen MR) is 41.3 cm³/mol. The van der Waals surface area contributed by atoms with Crippen LogP contribution >= 0.6 is 0 Å². The molecule has 0 heterocycles. The summed E-state index contributed by atoms with van der Waals surface area (Å²) in [6.07, 6.45) is 16.5. The molecule has 1 aliphatic carbocycles. The van der Waals surface area contributed by atoms with Crippen LogP contribution in [0, 0.1) is 0 Å². The van der Waals surface area contributed by atoms with Crippen LogP contribution in [-0.2, 0) is 0 Å². The lowest BCUT2D eigenvalue weighted by Gasteiger charge is -1.76. The van der Waals surface area contributed by atoms with Crippen LogP contribution in [0.3, 0.4) is 0 Å². The maximum atomic E-state index is 2.20. The molecule has 0 saturated carbocycles. The molecular weight excluding hydrogens is 108 g/mol. The average Bonchev–Trinajstić information content (AvgIpc) is 2.00. The lowest BCUT2D eigenvalue weighted by atomic mass is 10.3. The molecule has 0 aromatic heterocycles. The fourth-order valence-electron chi connectivity index (χ4n) is 0.813. The lowest BCUT2D eigenvalue weighted by molar-refractivity contribution is 1.32. The van der Waals surface area contributed by atoms with E-state index in [0.29, 0.717) is 0 Å². The Hall–Kier alpha value is -0.780. The summed E-state index contributed by atoms with van der Waals surface area (Å²) < 4.78 is 0. The standard InChI is InChI=1S/C9H12/c1-2-4-6-8-9-7-5-3-1/h1-2,5-8H,3-4,9H2/b2-1-,7-5-,8-6?. The summed E-state index contributed by atoms with van der Waals surface area (Å²) in [5.74, 6) is 0. The van der Waals surface area contributed by atoms with Gasteiger partial charge in [-0.1, -0.05) is 36.5 Å². The number of hydrogen-bond acceptors (Lipinski definition) is 0. The van der Waals surface area contributed by atoms with Crippen LogP contribution in [0.5, 0.6) is 0 Å². The monoisotopic (exact) mass is 120 g/mol. The molecule has 9 heavy (non-hydrogen) atoms. The van der Waals surface area contributed by atoms with Crippen LogP contribution in [-0.4, -0.2) is 0 Å². The maximum Gasteiger partial charge on any atom is -0.0169 e. The first-order chi connectivity index (χ1) is 4.50. The molecular formula is C9H12. The van der Waals surface area contributed by atoms with Gasteiger partial charge < -0.3 is 0 Å². The van der Waals surface area contributed by atoms with Gasteiger partial charge in [-0.15, -0.1) is 0 Å². The van der Waals surface area contributed by atoms with E-state index in [9.17, 15) is 0 Å². The van der Waals surface area contributed by atoms with Crippen LogP contribution < -0.4 is 0 Å². The van der Waals surface area contributed by atoms with E-state index in [1.54, 1.807) is 0 Å². The quantitative estimate of drug-likeness (QED) is 0.431. The minimum atomic E-state index is 1.10. The van der Waals surface area contributed by atoms with Gasteiger partial charge >= 0.3 is 0 Å². The van der Waals surface area contributed by atoms with Gasteiger partial charge in [0.25, 0.3) is 0 Å². The Morgan fingerprint density at radius 2 is 0.667 bits per heavy atom. The van der Waals surface area contributed by atoms with Crippen LogP contribution in [0.25, 0.3) is 0 Å². The molecule has 1 rings (SSSR count). The van der Waals surface area contributed by atoms with Gasteiger partial charge in [0, 0.05) is 0 Å². The Kier molecular flexibility index (Phi) is 2.91. The lowest BCUT2D eigenvalue weighted by Crippen LogP contribution is -1.56. The summed E-state index contributed by atoms with van der Waals surface area (Å²) in [6, 6.07) is 0. The predicted octanol–water partition coefficient (Wildman–Crippen LogP) is 2.84. The van der Waals surface area contributed by atoms with Gasteiger partial charge in [-0.05, 0) is 19.3 Å². The summed E-state index contributed by atoms with van der Waals surface area (Å²) in [6.45, 7) is 0. The van der Waals surface area contributed by atoms with E-state index in [-0.39, 0.29) is 0 Å². The Bertz CT molecular complexity index is 97.6. The highest BCUT2D eigenvalue weighted by Crippen LogP contribution is 1.97. The smallest absolute Gasteiger partial charge is 0.0169 e. The molecule has 0 N–H and O–H groups in total. The molecule has 0 atom stereocenters. The van der Waals surface area contributed by atoms with E-state index in [1.807, 2.05) is 0 Å². The minimum absolute atomic E-state index is 1.10. The van der Waals surface area contributed by atoms with Crippen molar-refractivity contribution in [2.24, 2.45) is 0 Å². The van der Waals surface area contributed by atoms with E-state index in [4.69, 9.17) is 0 Å². The van der Waals surface area contributed by atoms with Gasteiger partial charge in [0.15, 0.2) is 0 Å². The molecule has 0 amide bonds. The molecule has 0 aromatic rings. The van der Waals surface area contributed by atoms with Gasteiger partial charge in [-0.3, -0.25) is 0 Å². The summed E-state index contributed by atoms with van der Waals surface area (Å²) in [4.78, 5) is 0. The maximum absolute atomic E-state index is 2.20. The molecule has 0 heteroatoms. The van der Waals surface area contributed by atoms with Gasteiger partial charge in [0.2, 0.25) is 0 Å². The largest absolute Gasteiger partial charge is 0.0844 e. The minimum Gasteiger partial charge on any atom is -0.0844 e. The highest BCUT2D eigenvalue weighted by molar-refractivity contribution is 5.02. The summed E-state index contributed by atoms with van der Waals surface area (Å²) in [7, 11) is 0. The highest BCUT2D eigenvalue weighted by Gasteiger charge is 1.76. The van der Waals surface area contributed by atoms with Crippen molar-refractivity contribution in [3.63, 3.8) is 0 Å². The fourth-order valence-corrected chi connectivity index (χ4v) is 0.813. The molecule has 0 nitrogen and oxygen atoms in total. The fraction of sp³-hybridized carbons (Fsp3) is 0.333. The molecule has 0 bridgehead atoms. The van der Waals surface area contributed by atoms with Crippen molar-refractivity contribution in [1.82, 2.24) is 0 Å². The summed E-state index contributed by atoms with van der Waals surface area (Å²) in [5.41, 5.74) is 0. The molecule has 48 valence electrons. The van der Waals surface area contributed by atoms with Gasteiger partial charge in [0.05, 0.1) is 0 Å². The molecule has 0 spiro atoms. The van der Waals surface area contributed by atoms with E-state index in [1.165, 1.54) is 0 Å². The van der Waals surface area contributed by atoms with Gasteiger partial charge in [-0.2, -0.15) is 0 Å². The van der Waals surface area contributed by atoms with Crippen LogP contribution in [0.1, 0.15) is 19.3 Å². The molecule has 0 saturated heterocycles. The van der Waals surface area contributed by atoms with Crippen molar-refractivity contribution in [2.45, 2.75) is 19.3 Å². The average molecular weight is 120 g/mol. The normalized spacial score (nSPS) is 25.8. The van der Waals surface area contributed by atoms with Gasteiger partial charge in [-0.25, -0.2) is 0 Å². The first-order valence-corrected chi connectivity index (χ1v) is 3.45. The van der Waals surface area contributed by atoms with Crippen molar-refractivity contribution in [2.75, 3.05) is 0 Å². The van der Waals surface area contributed by atoms with E-state index in [0.717, 1.165) is 19.3 Å². The van der Waals surface area contributed by atoms with E-state index >= 15 is 0 Å². The number of allylic oxidation sites excluding steroid dienone is 6. The third kappa shape index (κ3) is 2.91. The van der Waals surface area contributed by atoms with Crippen LogP contribution in [0.4, 0.5) is 0 Å². The first kappa shape index (κ1) is 6.34. The van der Waals surface area contributed by atoms with E-state index < -0.39 is 0 Å². The SMILES string of the molecule is C1=CC/C=C\C/C=C\C1. The second kappa shape index (κ2) is 4.13. The van der Waals surface area contributed by atoms with Crippen LogP contribution in [0.15, 0.2) is 36.5 Å². The Morgan fingerprint density at radius 1 is 0.444 bits per heavy atom. The van der Waals surface area contributed by atoms with Gasteiger partial charge in [0.1, 0.15) is 0 Å². The summed E-state index contributed by atoms with van der Waals surface area (Å²) in [5, 5.41) is 0. The highest BCUT2D eigenvalue weighted by atomic mass is 13.8. The Balaban J connectivity index is 2.43. The van der Waals surface area contributed by atoms with Crippen molar-refractivity contribution in [3.05, 3.63) is 36.5 Å². The van der Waals surface area contributed by atoms with Crippen LogP contribution in [0.2, 0.25) is 0 Å². The molecule has 0 unspecified atom stereocenters. The zero-order valence-corrected chi connectivity index (χ0v) is 5.59. The molecule has 0 aliphatic heterocycles. The second-order valence-electron chi connectivity index (χ2n) is 2.12. The molecule has 0 fully saturated rings. The van der Waals surface area contributed by atoms with E-state index in [2.05, 4.69) is 36.5 Å². The summed E-state index contributed by atoms with van der Waals surface area (Å²) >= 11 is 0.